The molecule has 0 saturated carbocycles. The normalized spacial score (nSPS) is 15.1. The van der Waals surface area contributed by atoms with Gasteiger partial charge in [0, 0.05) is 4.88 Å². The van der Waals surface area contributed by atoms with Crippen LogP contribution in [0, 0.1) is 0 Å². The van der Waals surface area contributed by atoms with E-state index in [1.165, 1.54) is 18.2 Å². The van der Waals surface area contributed by atoms with Crippen LogP contribution < -0.4 is 19.9 Å². The van der Waals surface area contributed by atoms with Crippen LogP contribution in [0.3, 0.4) is 0 Å². The van der Waals surface area contributed by atoms with Crippen molar-refractivity contribution in [3.8, 4) is 11.5 Å². The van der Waals surface area contributed by atoms with Gasteiger partial charge in [-0.2, -0.15) is 13.2 Å². The number of rotatable bonds is 7. The zero-order valence-electron chi connectivity index (χ0n) is 17.9. The van der Waals surface area contributed by atoms with Gasteiger partial charge in [0.05, 0.1) is 17.9 Å². The van der Waals surface area contributed by atoms with Gasteiger partial charge in [-0.05, 0) is 60.3 Å². The molecule has 2 amide bonds. The maximum atomic E-state index is 13.0. The molecule has 1 aromatic heterocycles. The maximum absolute atomic E-state index is 13.0. The molecule has 4 rings (SSSR count). The molecule has 2 aromatic carbocycles. The van der Waals surface area contributed by atoms with Gasteiger partial charge in [-0.25, -0.2) is 5.01 Å². The first-order valence-electron chi connectivity index (χ1n) is 10.2. The molecule has 1 N–H and O–H groups in total. The van der Waals surface area contributed by atoms with Gasteiger partial charge in [-0.3, -0.25) is 15.0 Å². The summed E-state index contributed by atoms with van der Waals surface area (Å²) in [6, 6.07) is 13.0. The first-order valence-corrected chi connectivity index (χ1v) is 11.1. The number of nitrogens with one attached hydrogen (secondary N) is 1. The topological polar surface area (TPSA) is 67.9 Å². The number of hydrogen-bond donors (Lipinski definition) is 1. The summed E-state index contributed by atoms with van der Waals surface area (Å²) in [6.45, 7) is 2.55. The van der Waals surface area contributed by atoms with E-state index in [1.54, 1.807) is 29.5 Å². The lowest BCUT2D eigenvalue weighted by Gasteiger charge is -2.16. The van der Waals surface area contributed by atoms with Crippen molar-refractivity contribution < 1.29 is 32.2 Å². The Morgan fingerprint density at radius 3 is 2.56 bits per heavy atom. The molecule has 0 aliphatic carbocycles. The van der Waals surface area contributed by atoms with E-state index >= 15 is 0 Å². The Kier molecular flexibility index (Phi) is 6.60. The highest BCUT2D eigenvalue weighted by molar-refractivity contribution is 7.09. The van der Waals surface area contributed by atoms with Gasteiger partial charge in [0.25, 0.3) is 11.8 Å². The quantitative estimate of drug-likeness (QED) is 0.367. The third-order valence-corrected chi connectivity index (χ3v) is 5.70. The van der Waals surface area contributed by atoms with Crippen molar-refractivity contribution in [2.24, 2.45) is 0 Å². The monoisotopic (exact) mass is 488 g/mol. The molecule has 6 nitrogen and oxygen atoms in total. The summed E-state index contributed by atoms with van der Waals surface area (Å²) in [5, 5.41) is 2.75. The summed E-state index contributed by atoms with van der Waals surface area (Å²) >= 11 is 1.56. The molecule has 1 fully saturated rings. The minimum absolute atomic E-state index is 0.0936. The molecular formula is C24H19F3N2O4S. The number of anilines is 1. The molecule has 0 atom stereocenters. The van der Waals surface area contributed by atoms with E-state index in [9.17, 15) is 22.8 Å². The molecule has 176 valence electrons. The summed E-state index contributed by atoms with van der Waals surface area (Å²) in [5.74, 6) is -0.544. The molecular weight excluding hydrogens is 469 g/mol. The van der Waals surface area contributed by atoms with Gasteiger partial charge in [0.1, 0.15) is 12.2 Å². The van der Waals surface area contributed by atoms with Crippen molar-refractivity contribution in [3.63, 3.8) is 0 Å². The number of benzene rings is 2. The summed E-state index contributed by atoms with van der Waals surface area (Å²) in [5.41, 5.74) is 1.57. The molecule has 1 saturated heterocycles. The minimum Gasteiger partial charge on any atom is -0.490 e. The third-order valence-electron chi connectivity index (χ3n) is 4.85. The van der Waals surface area contributed by atoms with E-state index in [-0.39, 0.29) is 11.3 Å². The molecule has 1 aliphatic heterocycles. The number of carbonyl (C=O) groups is 2. The first kappa shape index (κ1) is 23.4. The molecule has 34 heavy (non-hydrogen) atoms. The van der Waals surface area contributed by atoms with Crippen LogP contribution >= 0.6 is 11.3 Å². The fourth-order valence-electron chi connectivity index (χ4n) is 3.27. The van der Waals surface area contributed by atoms with Gasteiger partial charge in [0.15, 0.2) is 11.5 Å². The Morgan fingerprint density at radius 1 is 1.03 bits per heavy atom. The van der Waals surface area contributed by atoms with Crippen molar-refractivity contribution in [1.29, 1.82) is 0 Å². The summed E-state index contributed by atoms with van der Waals surface area (Å²) in [7, 11) is 0. The lowest BCUT2D eigenvalue weighted by Crippen LogP contribution is -2.35. The van der Waals surface area contributed by atoms with Crippen LogP contribution in [-0.4, -0.2) is 18.4 Å². The Morgan fingerprint density at radius 2 is 1.85 bits per heavy atom. The summed E-state index contributed by atoms with van der Waals surface area (Å²) in [4.78, 5) is 26.3. The predicted molar refractivity (Wildman–Crippen MR) is 121 cm³/mol. The number of hydrazine groups is 1. The van der Waals surface area contributed by atoms with Crippen molar-refractivity contribution in [1.82, 2.24) is 5.43 Å². The highest BCUT2D eigenvalue weighted by atomic mass is 32.1. The lowest BCUT2D eigenvalue weighted by atomic mass is 10.1. The second-order valence-electron chi connectivity index (χ2n) is 7.19. The molecule has 2 heterocycles. The van der Waals surface area contributed by atoms with E-state index in [0.29, 0.717) is 30.3 Å². The lowest BCUT2D eigenvalue weighted by molar-refractivity contribution is -0.137. The van der Waals surface area contributed by atoms with Gasteiger partial charge in [-0.1, -0.05) is 18.2 Å². The van der Waals surface area contributed by atoms with Gasteiger partial charge in [-0.15, -0.1) is 11.3 Å². The van der Waals surface area contributed by atoms with Crippen molar-refractivity contribution >= 4 is 34.9 Å². The van der Waals surface area contributed by atoms with Crippen LogP contribution in [0.1, 0.15) is 22.9 Å². The van der Waals surface area contributed by atoms with Crippen LogP contribution in [0.2, 0.25) is 0 Å². The number of ether oxygens (including phenoxy) is 2. The third kappa shape index (κ3) is 5.07. The number of amides is 2. The molecule has 0 bridgehead atoms. The number of thiophene rings is 1. The molecule has 0 unspecified atom stereocenters. The fraction of sp³-hybridized carbons (Fsp3) is 0.167. The molecule has 0 spiro atoms. The van der Waals surface area contributed by atoms with Gasteiger partial charge in [0.2, 0.25) is 0 Å². The summed E-state index contributed by atoms with van der Waals surface area (Å²) < 4.78 is 50.6. The number of alkyl halides is 3. The largest absolute Gasteiger partial charge is 0.490 e. The summed E-state index contributed by atoms with van der Waals surface area (Å²) in [6.07, 6.45) is -3.22. The first-order chi connectivity index (χ1) is 16.3. The number of carbonyl (C=O) groups excluding carboxylic acids is 2. The SMILES string of the molecule is CCOc1cc(C=C2C(=O)NN(c3cccc(C(F)(F)F)c3)C2=O)ccc1OCc1cccs1. The van der Waals surface area contributed by atoms with Crippen LogP contribution in [0.4, 0.5) is 18.9 Å². The van der Waals surface area contributed by atoms with E-state index in [4.69, 9.17) is 9.47 Å². The Bertz CT molecular complexity index is 1240. The Balaban J connectivity index is 1.58. The van der Waals surface area contributed by atoms with Crippen LogP contribution in [0.5, 0.6) is 11.5 Å². The maximum Gasteiger partial charge on any atom is 0.416 e. The average Bonchev–Trinajstić information content (AvgIpc) is 3.42. The molecule has 1 aliphatic rings. The van der Waals surface area contributed by atoms with Crippen LogP contribution in [0.25, 0.3) is 6.08 Å². The highest BCUT2D eigenvalue weighted by Gasteiger charge is 2.36. The molecule has 3 aromatic rings. The zero-order valence-corrected chi connectivity index (χ0v) is 18.7. The van der Waals surface area contributed by atoms with E-state index in [1.807, 2.05) is 24.4 Å². The number of hydrogen-bond acceptors (Lipinski definition) is 5. The van der Waals surface area contributed by atoms with Crippen LogP contribution in [-0.2, 0) is 22.4 Å². The van der Waals surface area contributed by atoms with Crippen molar-refractivity contribution in [2.45, 2.75) is 19.7 Å². The standard InChI is InChI=1S/C24H19F3N2O4S/c1-2-32-21-12-15(8-9-20(21)33-14-18-7-4-10-34-18)11-19-22(30)28-29(23(19)31)17-6-3-5-16(13-17)24(25,26)27/h3-13H,2,14H2,1H3,(H,28,30). The second kappa shape index (κ2) is 9.60. The number of halogens is 3. The minimum atomic E-state index is -4.58. The fourth-order valence-corrected chi connectivity index (χ4v) is 3.89. The average molecular weight is 488 g/mol. The zero-order chi connectivity index (χ0) is 24.3. The van der Waals surface area contributed by atoms with E-state index in [0.717, 1.165) is 22.0 Å². The van der Waals surface area contributed by atoms with Gasteiger partial charge >= 0.3 is 6.18 Å². The van der Waals surface area contributed by atoms with E-state index in [2.05, 4.69) is 5.43 Å². The molecule has 0 radical (unpaired) electrons. The second-order valence-corrected chi connectivity index (χ2v) is 8.23. The highest BCUT2D eigenvalue weighted by Crippen LogP contribution is 2.33. The molecule has 10 heteroatoms. The Hall–Kier alpha value is -3.79. The smallest absolute Gasteiger partial charge is 0.416 e. The Labute approximate surface area is 197 Å². The number of nitrogens with zero attached hydrogens (tertiary/aromatic N) is 1. The van der Waals surface area contributed by atoms with E-state index < -0.39 is 23.6 Å². The van der Waals surface area contributed by atoms with Crippen molar-refractivity contribution in [3.05, 3.63) is 81.6 Å². The van der Waals surface area contributed by atoms with Crippen LogP contribution in [0.15, 0.2) is 65.6 Å². The van der Waals surface area contributed by atoms with Gasteiger partial charge < -0.3 is 9.47 Å². The predicted octanol–water partition coefficient (Wildman–Crippen LogP) is 5.21. The van der Waals surface area contributed by atoms with Crippen molar-refractivity contribution in [2.75, 3.05) is 11.6 Å².